The molecule has 4 heteroatoms. The third-order valence-electron chi connectivity index (χ3n) is 7.01. The molecule has 2 N–H and O–H groups in total. The predicted octanol–water partition coefficient (Wildman–Crippen LogP) is 6.58. The topological polar surface area (TPSA) is 66.8 Å². The van der Waals surface area contributed by atoms with Gasteiger partial charge < -0.3 is 14.9 Å². The Kier molecular flexibility index (Phi) is 15.2. The predicted molar refractivity (Wildman–Crippen MR) is 129 cm³/mol. The molecule has 1 fully saturated rings. The summed E-state index contributed by atoms with van der Waals surface area (Å²) in [6, 6.07) is 0. The number of rotatable bonds is 17. The van der Waals surface area contributed by atoms with Gasteiger partial charge in [0, 0.05) is 5.92 Å². The summed E-state index contributed by atoms with van der Waals surface area (Å²) in [5, 5.41) is 20.6. The highest BCUT2D eigenvalue weighted by Gasteiger charge is 2.29. The number of aliphatic hydroxyl groups is 2. The molecule has 0 spiro atoms. The molecule has 5 atom stereocenters. The van der Waals surface area contributed by atoms with E-state index in [0.717, 1.165) is 77.0 Å². The van der Waals surface area contributed by atoms with Crippen molar-refractivity contribution in [2.24, 2.45) is 17.8 Å². The zero-order chi connectivity index (χ0) is 23.1. The van der Waals surface area contributed by atoms with Crippen LogP contribution in [0.4, 0.5) is 0 Å². The van der Waals surface area contributed by atoms with E-state index in [2.05, 4.69) is 26.8 Å². The van der Waals surface area contributed by atoms with Gasteiger partial charge in [-0.15, -0.1) is 0 Å². The van der Waals surface area contributed by atoms with Gasteiger partial charge in [-0.2, -0.15) is 0 Å². The Morgan fingerprint density at radius 1 is 1.06 bits per heavy atom. The van der Waals surface area contributed by atoms with Crippen LogP contribution in [0.25, 0.3) is 0 Å². The van der Waals surface area contributed by atoms with E-state index in [1.807, 2.05) is 6.92 Å². The maximum Gasteiger partial charge on any atom is 0.309 e. The third-order valence-corrected chi connectivity index (χ3v) is 7.01. The lowest BCUT2D eigenvalue weighted by molar-refractivity contribution is -0.150. The van der Waals surface area contributed by atoms with E-state index in [9.17, 15) is 15.0 Å². The molecule has 0 bridgehead atoms. The summed E-state index contributed by atoms with van der Waals surface area (Å²) in [5.41, 5.74) is 1.35. The first-order valence-corrected chi connectivity index (χ1v) is 13.2. The Bertz CT molecular complexity index is 501. The number of ether oxygens (including phenoxy) is 1. The Morgan fingerprint density at radius 3 is 2.48 bits per heavy atom. The van der Waals surface area contributed by atoms with Gasteiger partial charge in [-0.05, 0) is 51.4 Å². The van der Waals surface area contributed by atoms with Crippen molar-refractivity contribution in [2.45, 2.75) is 130 Å². The molecular formula is C27H50O4. The standard InChI is InChI=1S/C27H50O4/c1-5-8-10-14-23(28)19-17-22-18-20-26(29)25(22)16-12-9-11-15-24(21(4)13-6-2)27(30)31-7-3/h17,21,23-26,28-29H,5-16,18-20H2,1-4H3/t21?,23?,24?,25-,26+/m1/s1. The largest absolute Gasteiger partial charge is 0.466 e. The monoisotopic (exact) mass is 438 g/mol. The van der Waals surface area contributed by atoms with E-state index in [4.69, 9.17) is 4.74 Å². The SMILES string of the molecule is CCCCCC(O)CC=C1CC[C@H](O)[C@@H]1CCCCCC(C(=O)OCC)C(C)CCC. The van der Waals surface area contributed by atoms with Gasteiger partial charge in [-0.25, -0.2) is 0 Å². The number of hydrogen-bond donors (Lipinski definition) is 2. The van der Waals surface area contributed by atoms with Gasteiger partial charge in [0.25, 0.3) is 0 Å². The smallest absolute Gasteiger partial charge is 0.309 e. The molecule has 4 nitrogen and oxygen atoms in total. The average molecular weight is 439 g/mol. The molecule has 0 saturated heterocycles. The number of hydrogen-bond acceptors (Lipinski definition) is 4. The Morgan fingerprint density at radius 2 is 1.81 bits per heavy atom. The highest BCUT2D eigenvalue weighted by atomic mass is 16.5. The molecule has 1 rings (SSSR count). The van der Waals surface area contributed by atoms with Gasteiger partial charge in [0.05, 0.1) is 24.7 Å². The molecule has 1 aliphatic carbocycles. The van der Waals surface area contributed by atoms with Gasteiger partial charge in [-0.1, -0.05) is 83.8 Å². The number of carbonyl (C=O) groups excluding carboxylic acids is 1. The fourth-order valence-corrected chi connectivity index (χ4v) is 5.06. The van der Waals surface area contributed by atoms with Gasteiger partial charge in [0.2, 0.25) is 0 Å². The van der Waals surface area contributed by atoms with E-state index in [1.165, 1.54) is 18.4 Å². The van der Waals surface area contributed by atoms with Gasteiger partial charge in [-0.3, -0.25) is 4.79 Å². The summed E-state index contributed by atoms with van der Waals surface area (Å²) in [5.74, 6) is 0.612. The van der Waals surface area contributed by atoms with Gasteiger partial charge in [0.15, 0.2) is 0 Å². The van der Waals surface area contributed by atoms with Crippen molar-refractivity contribution in [2.75, 3.05) is 6.61 Å². The molecular weight excluding hydrogens is 388 g/mol. The minimum Gasteiger partial charge on any atom is -0.466 e. The first kappa shape index (κ1) is 28.2. The van der Waals surface area contributed by atoms with Crippen molar-refractivity contribution >= 4 is 5.97 Å². The highest BCUT2D eigenvalue weighted by molar-refractivity contribution is 5.72. The normalized spacial score (nSPS) is 23.1. The lowest BCUT2D eigenvalue weighted by Crippen LogP contribution is -2.24. The molecule has 0 aliphatic heterocycles. The van der Waals surface area contributed by atoms with Crippen molar-refractivity contribution in [3.8, 4) is 0 Å². The Labute approximate surface area is 191 Å². The zero-order valence-corrected chi connectivity index (χ0v) is 20.8. The van der Waals surface area contributed by atoms with E-state index in [1.54, 1.807) is 0 Å². The van der Waals surface area contributed by atoms with Crippen molar-refractivity contribution in [3.63, 3.8) is 0 Å². The van der Waals surface area contributed by atoms with Crippen LogP contribution in [-0.2, 0) is 9.53 Å². The van der Waals surface area contributed by atoms with Crippen LogP contribution in [0.15, 0.2) is 11.6 Å². The minimum absolute atomic E-state index is 0.0154. The molecule has 0 aromatic heterocycles. The van der Waals surface area contributed by atoms with Crippen LogP contribution in [-0.4, -0.2) is 35.0 Å². The summed E-state index contributed by atoms with van der Waals surface area (Å²) >= 11 is 0. The van der Waals surface area contributed by atoms with Crippen LogP contribution < -0.4 is 0 Å². The van der Waals surface area contributed by atoms with E-state index in [-0.39, 0.29) is 30.0 Å². The molecule has 3 unspecified atom stereocenters. The fraction of sp³-hybridized carbons (Fsp3) is 0.889. The van der Waals surface area contributed by atoms with Crippen molar-refractivity contribution in [3.05, 3.63) is 11.6 Å². The Hall–Kier alpha value is -0.870. The lowest BCUT2D eigenvalue weighted by atomic mass is 9.85. The van der Waals surface area contributed by atoms with Gasteiger partial charge >= 0.3 is 5.97 Å². The highest BCUT2D eigenvalue weighted by Crippen LogP contribution is 2.36. The summed E-state index contributed by atoms with van der Waals surface area (Å²) in [7, 11) is 0. The van der Waals surface area contributed by atoms with Crippen molar-refractivity contribution in [1.82, 2.24) is 0 Å². The lowest BCUT2D eigenvalue weighted by Gasteiger charge is -2.22. The van der Waals surface area contributed by atoms with E-state index >= 15 is 0 Å². The second-order valence-electron chi connectivity index (χ2n) is 9.64. The van der Waals surface area contributed by atoms with Crippen LogP contribution in [0, 0.1) is 17.8 Å². The van der Waals surface area contributed by atoms with Crippen LogP contribution >= 0.6 is 0 Å². The molecule has 0 radical (unpaired) electrons. The quantitative estimate of drug-likeness (QED) is 0.153. The zero-order valence-electron chi connectivity index (χ0n) is 20.8. The molecule has 1 aliphatic rings. The number of carbonyl (C=O) groups is 1. The summed E-state index contributed by atoms with van der Waals surface area (Å²) in [4.78, 5) is 12.3. The number of unbranched alkanes of at least 4 members (excludes halogenated alkanes) is 4. The summed E-state index contributed by atoms with van der Waals surface area (Å²) in [6.45, 7) is 8.86. The number of esters is 1. The Balaban J connectivity index is 2.42. The maximum absolute atomic E-state index is 12.3. The number of aliphatic hydroxyl groups excluding tert-OH is 2. The van der Waals surface area contributed by atoms with E-state index < -0.39 is 0 Å². The molecule has 0 amide bonds. The molecule has 1 saturated carbocycles. The molecule has 0 aromatic carbocycles. The first-order chi connectivity index (χ1) is 14.9. The van der Waals surface area contributed by atoms with Gasteiger partial charge in [0.1, 0.15) is 0 Å². The molecule has 0 aromatic rings. The summed E-state index contributed by atoms with van der Waals surface area (Å²) < 4.78 is 5.32. The average Bonchev–Trinajstić information content (AvgIpc) is 3.09. The van der Waals surface area contributed by atoms with E-state index in [0.29, 0.717) is 12.5 Å². The second kappa shape index (κ2) is 16.7. The summed E-state index contributed by atoms with van der Waals surface area (Å²) in [6.07, 6.45) is 15.9. The van der Waals surface area contributed by atoms with Crippen LogP contribution in [0.2, 0.25) is 0 Å². The molecule has 182 valence electrons. The van der Waals surface area contributed by atoms with Crippen LogP contribution in [0.1, 0.15) is 118 Å². The minimum atomic E-state index is -0.248. The maximum atomic E-state index is 12.3. The third kappa shape index (κ3) is 11.0. The second-order valence-corrected chi connectivity index (χ2v) is 9.64. The first-order valence-electron chi connectivity index (χ1n) is 13.2. The van der Waals surface area contributed by atoms with Crippen LogP contribution in [0.3, 0.4) is 0 Å². The molecule has 31 heavy (non-hydrogen) atoms. The van der Waals surface area contributed by atoms with Crippen molar-refractivity contribution in [1.29, 1.82) is 0 Å². The van der Waals surface area contributed by atoms with Crippen molar-refractivity contribution < 1.29 is 19.7 Å². The fourth-order valence-electron chi connectivity index (χ4n) is 5.06. The molecule has 0 heterocycles. The van der Waals surface area contributed by atoms with Crippen LogP contribution in [0.5, 0.6) is 0 Å².